The quantitative estimate of drug-likeness (QED) is 0.659. The predicted octanol–water partition coefficient (Wildman–Crippen LogP) is 1.36. The number of nitrogens with zero attached hydrogens (tertiary/aromatic N) is 1. The summed E-state index contributed by atoms with van der Waals surface area (Å²) in [7, 11) is 0. The van der Waals surface area contributed by atoms with Crippen molar-refractivity contribution < 1.29 is 9.53 Å². The molecule has 0 unspecified atom stereocenters. The molecule has 2 fully saturated rings. The van der Waals surface area contributed by atoms with Gasteiger partial charge in [-0.25, -0.2) is 4.79 Å². The molecule has 0 aliphatic carbocycles. The molecule has 0 aromatic rings. The summed E-state index contributed by atoms with van der Waals surface area (Å²) < 4.78 is 5.00. The van der Waals surface area contributed by atoms with Gasteiger partial charge in [0.15, 0.2) is 0 Å². The summed E-state index contributed by atoms with van der Waals surface area (Å²) in [5, 5.41) is 2.95. The standard InChI is InChI=1S/C11H20N2O2/c1-10(2,3)13-6-4-11(5-7-13)8-15-9(14)12-11/h4-8H2,1-3H3,(H,12,14). The lowest BCUT2D eigenvalue weighted by Gasteiger charge is -2.44. The van der Waals surface area contributed by atoms with Crippen LogP contribution < -0.4 is 5.32 Å². The molecule has 1 amide bonds. The fraction of sp³-hybridized carbons (Fsp3) is 0.909. The van der Waals surface area contributed by atoms with Crippen LogP contribution in [0.25, 0.3) is 0 Å². The third-order valence-corrected chi connectivity index (χ3v) is 3.52. The van der Waals surface area contributed by atoms with E-state index < -0.39 is 0 Å². The van der Waals surface area contributed by atoms with E-state index in [4.69, 9.17) is 4.74 Å². The number of amides is 1. The molecular weight excluding hydrogens is 192 g/mol. The van der Waals surface area contributed by atoms with Gasteiger partial charge in [-0.15, -0.1) is 0 Å². The lowest BCUT2D eigenvalue weighted by molar-refractivity contribution is 0.0645. The smallest absolute Gasteiger partial charge is 0.407 e. The molecule has 1 spiro atoms. The van der Waals surface area contributed by atoms with Gasteiger partial charge in [-0.2, -0.15) is 0 Å². The minimum atomic E-state index is -0.251. The fourth-order valence-corrected chi connectivity index (χ4v) is 2.37. The van der Waals surface area contributed by atoms with Crippen LogP contribution in [0.5, 0.6) is 0 Å². The van der Waals surface area contributed by atoms with Crippen LogP contribution in [0.1, 0.15) is 33.6 Å². The SMILES string of the molecule is CC(C)(C)N1CCC2(CC1)COC(=O)N2. The van der Waals surface area contributed by atoms with Crippen LogP contribution in [0, 0.1) is 0 Å². The summed E-state index contributed by atoms with van der Waals surface area (Å²) in [6, 6.07) is 0. The lowest BCUT2D eigenvalue weighted by Crippen LogP contribution is -2.56. The molecule has 0 saturated carbocycles. The van der Waals surface area contributed by atoms with E-state index in [1.54, 1.807) is 0 Å². The summed E-state index contributed by atoms with van der Waals surface area (Å²) in [6.45, 7) is 9.31. The highest BCUT2D eigenvalue weighted by Gasteiger charge is 2.43. The lowest BCUT2D eigenvalue weighted by atomic mass is 9.87. The maximum absolute atomic E-state index is 11.0. The molecule has 15 heavy (non-hydrogen) atoms. The highest BCUT2D eigenvalue weighted by molar-refractivity contribution is 5.70. The molecule has 4 nitrogen and oxygen atoms in total. The van der Waals surface area contributed by atoms with E-state index in [-0.39, 0.29) is 17.2 Å². The first-order valence-corrected chi connectivity index (χ1v) is 5.61. The average molecular weight is 212 g/mol. The molecule has 2 aliphatic heterocycles. The number of likely N-dealkylation sites (tertiary alicyclic amines) is 1. The molecule has 0 bridgehead atoms. The third-order valence-electron chi connectivity index (χ3n) is 3.52. The van der Waals surface area contributed by atoms with Gasteiger partial charge in [0.05, 0.1) is 5.54 Å². The molecule has 2 rings (SSSR count). The Bertz CT molecular complexity index is 262. The van der Waals surface area contributed by atoms with Crippen molar-refractivity contribution in [1.29, 1.82) is 0 Å². The Balaban J connectivity index is 1.95. The van der Waals surface area contributed by atoms with Crippen molar-refractivity contribution in [1.82, 2.24) is 10.2 Å². The van der Waals surface area contributed by atoms with Crippen molar-refractivity contribution in [3.05, 3.63) is 0 Å². The van der Waals surface area contributed by atoms with Crippen LogP contribution in [-0.4, -0.2) is 41.8 Å². The van der Waals surface area contributed by atoms with Gasteiger partial charge in [-0.3, -0.25) is 4.90 Å². The van der Waals surface area contributed by atoms with Gasteiger partial charge < -0.3 is 10.1 Å². The second kappa shape index (κ2) is 3.37. The van der Waals surface area contributed by atoms with Crippen LogP contribution in [0.4, 0.5) is 4.79 Å². The number of ether oxygens (including phenoxy) is 1. The number of hydrogen-bond donors (Lipinski definition) is 1. The number of nitrogens with one attached hydrogen (secondary N) is 1. The van der Waals surface area contributed by atoms with Gasteiger partial charge in [0, 0.05) is 18.6 Å². The molecule has 2 heterocycles. The Labute approximate surface area is 91.0 Å². The van der Waals surface area contributed by atoms with Gasteiger partial charge in [0.1, 0.15) is 6.61 Å². The van der Waals surface area contributed by atoms with Crippen LogP contribution in [-0.2, 0) is 4.74 Å². The normalized spacial score (nSPS) is 26.5. The second-order valence-electron chi connectivity index (χ2n) is 5.64. The summed E-state index contributed by atoms with van der Waals surface area (Å²) in [5.74, 6) is 0. The van der Waals surface area contributed by atoms with Gasteiger partial charge in [0.25, 0.3) is 0 Å². The van der Waals surface area contributed by atoms with E-state index >= 15 is 0 Å². The molecule has 2 aliphatic rings. The van der Waals surface area contributed by atoms with Gasteiger partial charge in [0.2, 0.25) is 0 Å². The maximum atomic E-state index is 11.0. The van der Waals surface area contributed by atoms with Crippen LogP contribution >= 0.6 is 0 Å². The zero-order valence-corrected chi connectivity index (χ0v) is 9.80. The summed E-state index contributed by atoms with van der Waals surface area (Å²) in [4.78, 5) is 13.5. The molecule has 0 atom stereocenters. The first-order chi connectivity index (χ1) is 6.91. The predicted molar refractivity (Wildman–Crippen MR) is 57.8 cm³/mol. The number of cyclic esters (lactones) is 1. The molecule has 0 radical (unpaired) electrons. The Morgan fingerprint density at radius 3 is 2.33 bits per heavy atom. The topological polar surface area (TPSA) is 41.6 Å². The van der Waals surface area contributed by atoms with Crippen molar-refractivity contribution in [2.45, 2.75) is 44.7 Å². The number of rotatable bonds is 0. The number of piperidine rings is 1. The van der Waals surface area contributed by atoms with Gasteiger partial charge in [-0.05, 0) is 33.6 Å². The van der Waals surface area contributed by atoms with Crippen molar-refractivity contribution >= 4 is 6.09 Å². The first-order valence-electron chi connectivity index (χ1n) is 5.61. The maximum Gasteiger partial charge on any atom is 0.407 e. The summed E-state index contributed by atoms with van der Waals surface area (Å²) in [5.41, 5.74) is 0.157. The molecule has 4 heteroatoms. The number of alkyl carbamates (subject to hydrolysis) is 1. The molecule has 0 aromatic heterocycles. The summed E-state index contributed by atoms with van der Waals surface area (Å²) >= 11 is 0. The number of carbonyl (C=O) groups excluding carboxylic acids is 1. The summed E-state index contributed by atoms with van der Waals surface area (Å²) in [6.07, 6.45) is 1.74. The van der Waals surface area contributed by atoms with E-state index in [9.17, 15) is 4.79 Å². The molecule has 2 saturated heterocycles. The number of hydrogen-bond acceptors (Lipinski definition) is 3. The Morgan fingerprint density at radius 2 is 1.93 bits per heavy atom. The largest absolute Gasteiger partial charge is 0.447 e. The molecular formula is C11H20N2O2. The first kappa shape index (κ1) is 10.7. The highest BCUT2D eigenvalue weighted by atomic mass is 16.6. The van der Waals surface area contributed by atoms with Crippen molar-refractivity contribution in [2.24, 2.45) is 0 Å². The Hall–Kier alpha value is -0.770. The van der Waals surface area contributed by atoms with Crippen molar-refractivity contribution in [2.75, 3.05) is 19.7 Å². The zero-order chi connectivity index (χ0) is 11.1. The van der Waals surface area contributed by atoms with E-state index in [2.05, 4.69) is 31.0 Å². The van der Waals surface area contributed by atoms with Gasteiger partial charge >= 0.3 is 6.09 Å². The monoisotopic (exact) mass is 212 g/mol. The molecule has 0 aromatic carbocycles. The number of carbonyl (C=O) groups is 1. The Morgan fingerprint density at radius 1 is 1.33 bits per heavy atom. The molecule has 1 N–H and O–H groups in total. The fourth-order valence-electron chi connectivity index (χ4n) is 2.37. The van der Waals surface area contributed by atoms with E-state index in [0.717, 1.165) is 25.9 Å². The average Bonchev–Trinajstić information content (AvgIpc) is 2.47. The van der Waals surface area contributed by atoms with Crippen LogP contribution in [0.2, 0.25) is 0 Å². The van der Waals surface area contributed by atoms with Gasteiger partial charge in [-0.1, -0.05) is 0 Å². The highest BCUT2D eigenvalue weighted by Crippen LogP contribution is 2.29. The third kappa shape index (κ3) is 2.09. The van der Waals surface area contributed by atoms with E-state index in [1.807, 2.05) is 0 Å². The van der Waals surface area contributed by atoms with E-state index in [0.29, 0.717) is 6.61 Å². The van der Waals surface area contributed by atoms with Crippen molar-refractivity contribution in [3.8, 4) is 0 Å². The molecule has 86 valence electrons. The minimum Gasteiger partial charge on any atom is -0.447 e. The minimum absolute atomic E-state index is 0.0706. The zero-order valence-electron chi connectivity index (χ0n) is 9.80. The van der Waals surface area contributed by atoms with Crippen LogP contribution in [0.15, 0.2) is 0 Å². The van der Waals surface area contributed by atoms with Crippen LogP contribution in [0.3, 0.4) is 0 Å². The second-order valence-corrected chi connectivity index (χ2v) is 5.64. The Kier molecular flexibility index (Phi) is 2.41. The van der Waals surface area contributed by atoms with E-state index in [1.165, 1.54) is 0 Å². The van der Waals surface area contributed by atoms with Crippen molar-refractivity contribution in [3.63, 3.8) is 0 Å².